The Bertz CT molecular complexity index is 729. The number of nitrogens with zero attached hydrogens (tertiary/aromatic N) is 2. The lowest BCUT2D eigenvalue weighted by atomic mass is 10.3. The number of amides is 1. The molecule has 1 unspecified atom stereocenters. The molecule has 0 radical (unpaired) electrons. The second kappa shape index (κ2) is 8.91. The minimum atomic E-state index is -0.419. The molecule has 130 valence electrons. The standard InChI is InChI=1S/C15H19ClN4O3S/c1-10(13(21)17-12-6-4-11(16)5-7-12)24-15-19-18-14(22)20(15)8-3-9-23-2/h4-7,10H,3,8-9H2,1-2H3,(H,17,21)(H,18,22). The third kappa shape index (κ3) is 5.12. The third-order valence-electron chi connectivity index (χ3n) is 3.22. The summed E-state index contributed by atoms with van der Waals surface area (Å²) in [5, 5.41) is 9.87. The van der Waals surface area contributed by atoms with E-state index in [4.69, 9.17) is 16.3 Å². The summed E-state index contributed by atoms with van der Waals surface area (Å²) < 4.78 is 6.50. The molecule has 1 amide bonds. The zero-order valence-corrected chi connectivity index (χ0v) is 15.0. The van der Waals surface area contributed by atoms with E-state index >= 15 is 0 Å². The first kappa shape index (κ1) is 18.6. The number of hydrogen-bond donors (Lipinski definition) is 2. The van der Waals surface area contributed by atoms with Gasteiger partial charge in [0.25, 0.3) is 0 Å². The Balaban J connectivity index is 1.98. The second-order valence-corrected chi connectivity index (χ2v) is 6.81. The van der Waals surface area contributed by atoms with Crippen LogP contribution in [0, 0.1) is 0 Å². The first-order valence-corrected chi connectivity index (χ1v) is 8.64. The lowest BCUT2D eigenvalue weighted by Gasteiger charge is -2.12. The molecule has 0 aliphatic heterocycles. The van der Waals surface area contributed by atoms with Crippen LogP contribution in [0.4, 0.5) is 5.69 Å². The van der Waals surface area contributed by atoms with E-state index in [1.807, 2.05) is 0 Å². The van der Waals surface area contributed by atoms with Gasteiger partial charge in [-0.1, -0.05) is 23.4 Å². The highest BCUT2D eigenvalue weighted by Crippen LogP contribution is 2.22. The van der Waals surface area contributed by atoms with Crippen LogP contribution in [-0.2, 0) is 16.1 Å². The summed E-state index contributed by atoms with van der Waals surface area (Å²) in [6.07, 6.45) is 0.689. The van der Waals surface area contributed by atoms with E-state index in [1.165, 1.54) is 16.3 Å². The predicted octanol–water partition coefficient (Wildman–Crippen LogP) is 2.38. The number of methoxy groups -OCH3 is 1. The number of H-pyrrole nitrogens is 1. The molecule has 0 spiro atoms. The lowest BCUT2D eigenvalue weighted by molar-refractivity contribution is -0.115. The van der Waals surface area contributed by atoms with Crippen molar-refractivity contribution in [1.29, 1.82) is 0 Å². The Kier molecular flexibility index (Phi) is 6.89. The summed E-state index contributed by atoms with van der Waals surface area (Å²) in [5.41, 5.74) is 0.371. The molecule has 1 heterocycles. The van der Waals surface area contributed by atoms with Crippen LogP contribution in [0.25, 0.3) is 0 Å². The highest BCUT2D eigenvalue weighted by molar-refractivity contribution is 8.00. The summed E-state index contributed by atoms with van der Waals surface area (Å²) in [6, 6.07) is 6.87. The normalized spacial score (nSPS) is 12.1. The van der Waals surface area contributed by atoms with E-state index in [-0.39, 0.29) is 11.6 Å². The van der Waals surface area contributed by atoms with Gasteiger partial charge in [0.2, 0.25) is 5.91 Å². The van der Waals surface area contributed by atoms with E-state index in [2.05, 4.69) is 15.5 Å². The van der Waals surface area contributed by atoms with Crippen molar-refractivity contribution in [1.82, 2.24) is 14.8 Å². The lowest BCUT2D eigenvalue weighted by Crippen LogP contribution is -2.24. The first-order valence-electron chi connectivity index (χ1n) is 7.38. The number of halogens is 1. The van der Waals surface area contributed by atoms with Gasteiger partial charge in [-0.25, -0.2) is 9.89 Å². The Morgan fingerprint density at radius 1 is 1.46 bits per heavy atom. The number of rotatable bonds is 8. The van der Waals surface area contributed by atoms with E-state index in [9.17, 15) is 9.59 Å². The zero-order valence-electron chi connectivity index (χ0n) is 13.4. The molecule has 1 atom stereocenters. The van der Waals surface area contributed by atoms with Crippen LogP contribution in [0.5, 0.6) is 0 Å². The van der Waals surface area contributed by atoms with Crippen LogP contribution in [0.2, 0.25) is 5.02 Å². The van der Waals surface area contributed by atoms with E-state index in [1.54, 1.807) is 38.3 Å². The average Bonchev–Trinajstić information content (AvgIpc) is 2.90. The molecule has 2 aromatic rings. The van der Waals surface area contributed by atoms with Crippen molar-refractivity contribution in [3.8, 4) is 0 Å². The molecule has 0 aliphatic carbocycles. The number of benzene rings is 1. The summed E-state index contributed by atoms with van der Waals surface area (Å²) in [4.78, 5) is 24.1. The number of thioether (sulfide) groups is 1. The molecule has 1 aromatic heterocycles. The Morgan fingerprint density at radius 3 is 2.83 bits per heavy atom. The van der Waals surface area contributed by atoms with Crippen molar-refractivity contribution < 1.29 is 9.53 Å². The summed E-state index contributed by atoms with van der Waals surface area (Å²) >= 11 is 7.04. The highest BCUT2D eigenvalue weighted by Gasteiger charge is 2.19. The molecule has 7 nitrogen and oxygen atoms in total. The van der Waals surface area contributed by atoms with Gasteiger partial charge in [-0.15, -0.1) is 5.10 Å². The maximum Gasteiger partial charge on any atom is 0.343 e. The monoisotopic (exact) mass is 370 g/mol. The molecular formula is C15H19ClN4O3S. The Hall–Kier alpha value is -1.77. The number of aromatic amines is 1. The SMILES string of the molecule is COCCCn1c(SC(C)C(=O)Nc2ccc(Cl)cc2)n[nH]c1=O. The summed E-state index contributed by atoms with van der Waals surface area (Å²) in [5.74, 6) is -0.179. The number of carbonyl (C=O) groups is 1. The molecule has 1 aromatic carbocycles. The van der Waals surface area contributed by atoms with Gasteiger partial charge in [0.05, 0.1) is 5.25 Å². The molecule has 0 saturated heterocycles. The quantitative estimate of drug-likeness (QED) is 0.550. The average molecular weight is 371 g/mol. The topological polar surface area (TPSA) is 89.0 Å². The van der Waals surface area contributed by atoms with Crippen LogP contribution in [0.3, 0.4) is 0 Å². The van der Waals surface area contributed by atoms with Gasteiger partial charge in [0.1, 0.15) is 0 Å². The maximum atomic E-state index is 12.3. The van der Waals surface area contributed by atoms with Crippen molar-refractivity contribution in [3.05, 3.63) is 39.8 Å². The Morgan fingerprint density at radius 2 is 2.17 bits per heavy atom. The molecule has 0 aliphatic rings. The zero-order chi connectivity index (χ0) is 17.5. The number of ether oxygens (including phenoxy) is 1. The largest absolute Gasteiger partial charge is 0.385 e. The van der Waals surface area contributed by atoms with Crippen molar-refractivity contribution >= 4 is 35.0 Å². The van der Waals surface area contributed by atoms with Gasteiger partial charge in [-0.05, 0) is 37.6 Å². The predicted molar refractivity (Wildman–Crippen MR) is 94.7 cm³/mol. The minimum absolute atomic E-state index is 0.179. The van der Waals surface area contributed by atoms with E-state index < -0.39 is 5.25 Å². The fourth-order valence-corrected chi connectivity index (χ4v) is 2.95. The van der Waals surface area contributed by atoms with Gasteiger partial charge >= 0.3 is 5.69 Å². The van der Waals surface area contributed by atoms with Crippen molar-refractivity contribution in [3.63, 3.8) is 0 Å². The van der Waals surface area contributed by atoms with Crippen molar-refractivity contribution in [2.45, 2.75) is 30.3 Å². The number of aromatic nitrogens is 3. The second-order valence-electron chi connectivity index (χ2n) is 5.07. The molecule has 0 saturated carbocycles. The van der Waals surface area contributed by atoms with Crippen molar-refractivity contribution in [2.75, 3.05) is 19.0 Å². The molecule has 0 bridgehead atoms. The molecule has 2 N–H and O–H groups in total. The summed E-state index contributed by atoms with van der Waals surface area (Å²) in [6.45, 7) is 2.79. The van der Waals surface area contributed by atoms with Crippen LogP contribution >= 0.6 is 23.4 Å². The van der Waals surface area contributed by atoms with Crippen LogP contribution in [0.15, 0.2) is 34.2 Å². The highest BCUT2D eigenvalue weighted by atomic mass is 35.5. The fraction of sp³-hybridized carbons (Fsp3) is 0.400. The number of carbonyl (C=O) groups excluding carboxylic acids is 1. The van der Waals surface area contributed by atoms with Gasteiger partial charge in [-0.3, -0.25) is 9.36 Å². The smallest absolute Gasteiger partial charge is 0.343 e. The third-order valence-corrected chi connectivity index (χ3v) is 4.56. The Labute approximate surface area is 148 Å². The molecule has 9 heteroatoms. The first-order chi connectivity index (χ1) is 11.5. The maximum absolute atomic E-state index is 12.3. The minimum Gasteiger partial charge on any atom is -0.385 e. The van der Waals surface area contributed by atoms with Crippen LogP contribution < -0.4 is 11.0 Å². The van der Waals surface area contributed by atoms with Crippen molar-refractivity contribution in [2.24, 2.45) is 0 Å². The van der Waals surface area contributed by atoms with E-state index in [0.717, 1.165) is 0 Å². The van der Waals surface area contributed by atoms with Crippen LogP contribution in [0.1, 0.15) is 13.3 Å². The van der Waals surface area contributed by atoms with Gasteiger partial charge < -0.3 is 10.1 Å². The number of hydrogen-bond acceptors (Lipinski definition) is 5. The van der Waals surface area contributed by atoms with Gasteiger partial charge in [0, 0.05) is 31.0 Å². The van der Waals surface area contributed by atoms with Gasteiger partial charge in [-0.2, -0.15) is 0 Å². The number of anilines is 1. The molecule has 0 fully saturated rings. The molecule has 24 heavy (non-hydrogen) atoms. The molecular weight excluding hydrogens is 352 g/mol. The van der Waals surface area contributed by atoms with Crippen LogP contribution in [-0.4, -0.2) is 39.6 Å². The molecule has 2 rings (SSSR count). The fourth-order valence-electron chi connectivity index (χ4n) is 1.95. The van der Waals surface area contributed by atoms with Gasteiger partial charge in [0.15, 0.2) is 5.16 Å². The summed E-state index contributed by atoms with van der Waals surface area (Å²) in [7, 11) is 1.61. The van der Waals surface area contributed by atoms with E-state index in [0.29, 0.717) is 35.4 Å². The number of nitrogens with one attached hydrogen (secondary N) is 2.